The van der Waals surface area contributed by atoms with Crippen molar-refractivity contribution in [2.75, 3.05) is 0 Å². The molecule has 1 aromatic carbocycles. The van der Waals surface area contributed by atoms with Crippen LogP contribution in [0.4, 0.5) is 0 Å². The van der Waals surface area contributed by atoms with Crippen LogP contribution in [0, 0.1) is 6.92 Å². The summed E-state index contributed by atoms with van der Waals surface area (Å²) < 4.78 is 0. The summed E-state index contributed by atoms with van der Waals surface area (Å²) in [4.78, 5) is 1.43. The van der Waals surface area contributed by atoms with E-state index in [2.05, 4.69) is 56.8 Å². The Morgan fingerprint density at radius 3 is 2.25 bits per heavy atom. The second-order valence-corrected chi connectivity index (χ2v) is 5.86. The zero-order valence-corrected chi connectivity index (χ0v) is 11.6. The van der Waals surface area contributed by atoms with Crippen molar-refractivity contribution in [3.8, 4) is 0 Å². The first-order chi connectivity index (χ1) is 7.76. The quantitative estimate of drug-likeness (QED) is 0.568. The maximum Gasteiger partial charge on any atom is 0.00943 e. The highest BCUT2D eigenvalue weighted by Gasteiger charge is 2.08. The minimum atomic E-state index is 0.813. The van der Waals surface area contributed by atoms with Crippen molar-refractivity contribution >= 4 is 11.8 Å². The second kappa shape index (κ2) is 7.78. The van der Waals surface area contributed by atoms with Gasteiger partial charge in [-0.25, -0.2) is 0 Å². The van der Waals surface area contributed by atoms with Crippen molar-refractivity contribution in [1.29, 1.82) is 0 Å². The smallest absolute Gasteiger partial charge is 0.00943 e. The first-order valence-corrected chi connectivity index (χ1v) is 7.37. The van der Waals surface area contributed by atoms with E-state index in [1.165, 1.54) is 42.6 Å². The standard InChI is InChI=1S/C15H24S/c1-4-6-8-14(7-5-2)16-15-11-9-13(3)10-12-15/h9-12,14H,4-8H2,1-3H3. The minimum Gasteiger partial charge on any atom is -0.123 e. The molecule has 0 aromatic heterocycles. The molecule has 0 N–H and O–H groups in total. The molecule has 1 aromatic rings. The van der Waals surface area contributed by atoms with E-state index in [1.54, 1.807) is 0 Å². The molecule has 1 atom stereocenters. The van der Waals surface area contributed by atoms with Crippen molar-refractivity contribution in [3.05, 3.63) is 29.8 Å². The van der Waals surface area contributed by atoms with E-state index in [0.717, 1.165) is 5.25 Å². The van der Waals surface area contributed by atoms with Crippen molar-refractivity contribution in [2.24, 2.45) is 0 Å². The number of hydrogen-bond acceptors (Lipinski definition) is 1. The Morgan fingerprint density at radius 1 is 1.00 bits per heavy atom. The van der Waals surface area contributed by atoms with E-state index in [4.69, 9.17) is 0 Å². The molecule has 90 valence electrons. The normalized spacial score (nSPS) is 12.7. The predicted octanol–water partition coefficient (Wildman–Crippen LogP) is 5.45. The van der Waals surface area contributed by atoms with Gasteiger partial charge in [-0.05, 0) is 31.9 Å². The lowest BCUT2D eigenvalue weighted by atomic mass is 10.1. The van der Waals surface area contributed by atoms with Crippen molar-refractivity contribution in [3.63, 3.8) is 0 Å². The summed E-state index contributed by atoms with van der Waals surface area (Å²) in [7, 11) is 0. The third kappa shape index (κ3) is 5.07. The molecule has 0 aliphatic carbocycles. The molecule has 0 spiro atoms. The lowest BCUT2D eigenvalue weighted by molar-refractivity contribution is 0.639. The molecule has 0 saturated carbocycles. The fourth-order valence-corrected chi connectivity index (χ4v) is 3.14. The largest absolute Gasteiger partial charge is 0.123 e. The number of rotatable bonds is 7. The van der Waals surface area contributed by atoms with Crippen LogP contribution < -0.4 is 0 Å². The molecule has 0 saturated heterocycles. The van der Waals surface area contributed by atoms with Crippen LogP contribution in [0.3, 0.4) is 0 Å². The fraction of sp³-hybridized carbons (Fsp3) is 0.600. The first kappa shape index (κ1) is 13.6. The maximum atomic E-state index is 2.29. The molecule has 1 heteroatoms. The van der Waals surface area contributed by atoms with Gasteiger partial charge in [0.2, 0.25) is 0 Å². The first-order valence-electron chi connectivity index (χ1n) is 6.49. The zero-order chi connectivity index (χ0) is 11.8. The van der Waals surface area contributed by atoms with Gasteiger partial charge < -0.3 is 0 Å². The number of benzene rings is 1. The summed E-state index contributed by atoms with van der Waals surface area (Å²) in [6.07, 6.45) is 6.69. The average molecular weight is 236 g/mol. The Morgan fingerprint density at radius 2 is 1.69 bits per heavy atom. The lowest BCUT2D eigenvalue weighted by Gasteiger charge is -2.15. The van der Waals surface area contributed by atoms with Crippen LogP contribution in [0.15, 0.2) is 29.2 Å². The highest BCUT2D eigenvalue weighted by molar-refractivity contribution is 8.00. The molecule has 16 heavy (non-hydrogen) atoms. The van der Waals surface area contributed by atoms with Crippen LogP contribution in [0.25, 0.3) is 0 Å². The van der Waals surface area contributed by atoms with Crippen molar-refractivity contribution in [2.45, 2.75) is 63.0 Å². The Bertz CT molecular complexity index is 276. The Labute approximate surface area is 105 Å². The van der Waals surface area contributed by atoms with Crippen molar-refractivity contribution in [1.82, 2.24) is 0 Å². The van der Waals surface area contributed by atoms with Gasteiger partial charge in [-0.1, -0.05) is 50.8 Å². The van der Waals surface area contributed by atoms with Gasteiger partial charge in [0.15, 0.2) is 0 Å². The molecule has 0 fully saturated rings. The SMILES string of the molecule is CCCCC(CCC)Sc1ccc(C)cc1. The van der Waals surface area contributed by atoms with E-state index in [1.807, 2.05) is 0 Å². The van der Waals surface area contributed by atoms with Gasteiger partial charge in [-0.2, -0.15) is 0 Å². The fourth-order valence-electron chi connectivity index (χ4n) is 1.83. The highest BCUT2D eigenvalue weighted by Crippen LogP contribution is 2.29. The van der Waals surface area contributed by atoms with Crippen LogP contribution >= 0.6 is 11.8 Å². The summed E-state index contributed by atoms with van der Waals surface area (Å²) in [6, 6.07) is 8.94. The van der Waals surface area contributed by atoms with Crippen LogP contribution in [0.5, 0.6) is 0 Å². The van der Waals surface area contributed by atoms with Gasteiger partial charge in [-0.3, -0.25) is 0 Å². The summed E-state index contributed by atoms with van der Waals surface area (Å²) in [5, 5.41) is 0.813. The number of aryl methyl sites for hydroxylation is 1. The Balaban J connectivity index is 2.49. The van der Waals surface area contributed by atoms with Gasteiger partial charge in [0.25, 0.3) is 0 Å². The third-order valence-electron chi connectivity index (χ3n) is 2.81. The average Bonchev–Trinajstić information content (AvgIpc) is 2.29. The Kier molecular flexibility index (Phi) is 6.63. The van der Waals surface area contributed by atoms with E-state index < -0.39 is 0 Å². The van der Waals surface area contributed by atoms with Crippen LogP contribution in [0.2, 0.25) is 0 Å². The number of unbranched alkanes of at least 4 members (excludes halogenated alkanes) is 1. The maximum absolute atomic E-state index is 2.29. The molecule has 1 rings (SSSR count). The van der Waals surface area contributed by atoms with E-state index in [0.29, 0.717) is 0 Å². The highest BCUT2D eigenvalue weighted by atomic mass is 32.2. The topological polar surface area (TPSA) is 0 Å². The van der Waals surface area contributed by atoms with Gasteiger partial charge in [0.05, 0.1) is 0 Å². The minimum absolute atomic E-state index is 0.813. The summed E-state index contributed by atoms with van der Waals surface area (Å²) in [5.41, 5.74) is 1.35. The molecule has 0 aliphatic heterocycles. The molecule has 0 amide bonds. The molecule has 0 nitrogen and oxygen atoms in total. The molecule has 0 bridgehead atoms. The molecule has 0 aliphatic rings. The monoisotopic (exact) mass is 236 g/mol. The van der Waals surface area contributed by atoms with Crippen molar-refractivity contribution < 1.29 is 0 Å². The van der Waals surface area contributed by atoms with Gasteiger partial charge in [0, 0.05) is 10.1 Å². The molecule has 1 unspecified atom stereocenters. The third-order valence-corrected chi connectivity index (χ3v) is 4.16. The van der Waals surface area contributed by atoms with E-state index in [-0.39, 0.29) is 0 Å². The number of thioether (sulfide) groups is 1. The van der Waals surface area contributed by atoms with E-state index >= 15 is 0 Å². The van der Waals surface area contributed by atoms with Gasteiger partial charge >= 0.3 is 0 Å². The molecular weight excluding hydrogens is 212 g/mol. The van der Waals surface area contributed by atoms with Crippen LogP contribution in [0.1, 0.15) is 51.5 Å². The van der Waals surface area contributed by atoms with Crippen LogP contribution in [-0.2, 0) is 0 Å². The molecular formula is C15H24S. The Hall–Kier alpha value is -0.430. The van der Waals surface area contributed by atoms with Crippen LogP contribution in [-0.4, -0.2) is 5.25 Å². The van der Waals surface area contributed by atoms with Gasteiger partial charge in [-0.15, -0.1) is 11.8 Å². The van der Waals surface area contributed by atoms with Gasteiger partial charge in [0.1, 0.15) is 0 Å². The lowest BCUT2D eigenvalue weighted by Crippen LogP contribution is -2.01. The summed E-state index contributed by atoms with van der Waals surface area (Å²) in [6.45, 7) is 6.71. The second-order valence-electron chi connectivity index (χ2n) is 4.48. The summed E-state index contributed by atoms with van der Waals surface area (Å²) >= 11 is 2.06. The number of hydrogen-bond donors (Lipinski definition) is 0. The van der Waals surface area contributed by atoms with E-state index in [9.17, 15) is 0 Å². The zero-order valence-electron chi connectivity index (χ0n) is 10.8. The molecule has 0 heterocycles. The summed E-state index contributed by atoms with van der Waals surface area (Å²) in [5.74, 6) is 0. The molecule has 0 radical (unpaired) electrons. The predicted molar refractivity (Wildman–Crippen MR) is 75.3 cm³/mol.